The number of hydrogen-bond donors (Lipinski definition) is 1. The molecule has 7 atom stereocenters. The summed E-state index contributed by atoms with van der Waals surface area (Å²) in [4.78, 5) is 13.5. The van der Waals surface area contributed by atoms with E-state index in [4.69, 9.17) is 14.2 Å². The van der Waals surface area contributed by atoms with Crippen molar-refractivity contribution >= 4 is 16.7 Å². The van der Waals surface area contributed by atoms with Crippen LogP contribution in [-0.2, 0) is 37.4 Å². The first-order chi connectivity index (χ1) is 18.5. The Bertz CT molecular complexity index is 1440. The number of benzene rings is 1. The van der Waals surface area contributed by atoms with Crippen LogP contribution in [-0.4, -0.2) is 51.3 Å². The molecule has 1 spiro atoms. The fraction of sp³-hybridized carbons (Fsp3) is 0.606. The topological polar surface area (TPSA) is 69.9 Å². The molecule has 1 aromatic carbocycles. The van der Waals surface area contributed by atoms with E-state index in [-0.39, 0.29) is 11.2 Å². The Labute approximate surface area is 231 Å². The van der Waals surface area contributed by atoms with Crippen LogP contribution in [0.25, 0.3) is 10.9 Å². The van der Waals surface area contributed by atoms with Gasteiger partial charge in [0, 0.05) is 52.6 Å². The Kier molecular flexibility index (Phi) is 5.23. The highest BCUT2D eigenvalue weighted by Gasteiger charge is 2.78. The molecule has 5 aliphatic rings. The summed E-state index contributed by atoms with van der Waals surface area (Å²) in [7, 11) is 0. The van der Waals surface area contributed by atoms with Crippen molar-refractivity contribution in [3.05, 3.63) is 59.8 Å². The van der Waals surface area contributed by atoms with Gasteiger partial charge in [-0.1, -0.05) is 45.0 Å². The summed E-state index contributed by atoms with van der Waals surface area (Å²) in [6.45, 7) is 15.9. The molecule has 1 aromatic heterocycles. The van der Waals surface area contributed by atoms with E-state index in [1.54, 1.807) is 6.08 Å². The molecule has 2 aliphatic heterocycles. The smallest absolute Gasteiger partial charge is 0.195 e. The van der Waals surface area contributed by atoms with Crippen molar-refractivity contribution < 1.29 is 24.1 Å². The molecule has 1 N–H and O–H groups in total. The monoisotopic (exact) mass is 531 g/mol. The second kappa shape index (κ2) is 7.94. The van der Waals surface area contributed by atoms with Crippen molar-refractivity contribution in [1.29, 1.82) is 0 Å². The maximum Gasteiger partial charge on any atom is 0.195 e. The highest BCUT2D eigenvalue weighted by atomic mass is 16.8. The van der Waals surface area contributed by atoms with E-state index in [2.05, 4.69) is 56.2 Å². The average molecular weight is 532 g/mol. The number of aromatic nitrogens is 1. The Balaban J connectivity index is 1.48. The standard InChI is InChI=1S/C33H41NO5/c1-7-15-34-23-12-10-9-11-21(23)22-17-20-18-26(37-16-8-2)33(36)25-19-24(35)28-29(3,4)39-32(25,38-28)14-13-30(33,5)31(20,6)27(22)34/h7,9-12,19-20,26,28,36H,1,8,13-18H2,2-6H3/t20-,26+,28+,30-,31-,32+,33+/m1/s1. The Hall–Kier alpha value is -2.25. The van der Waals surface area contributed by atoms with Crippen LogP contribution in [0.15, 0.2) is 48.6 Å². The number of fused-ring (bicyclic) bond motifs is 9. The summed E-state index contributed by atoms with van der Waals surface area (Å²) < 4.78 is 22.1. The number of ether oxygens (including phenoxy) is 3. The zero-order valence-corrected chi connectivity index (χ0v) is 23.9. The molecule has 1 saturated heterocycles. The van der Waals surface area contributed by atoms with Gasteiger partial charge >= 0.3 is 0 Å². The minimum absolute atomic E-state index is 0.129. The zero-order chi connectivity index (χ0) is 27.6. The predicted octanol–water partition coefficient (Wildman–Crippen LogP) is 5.39. The Morgan fingerprint density at radius 2 is 1.97 bits per heavy atom. The van der Waals surface area contributed by atoms with Crippen molar-refractivity contribution in [2.45, 2.75) is 108 Å². The van der Waals surface area contributed by atoms with Crippen molar-refractivity contribution in [2.24, 2.45) is 11.3 Å². The van der Waals surface area contributed by atoms with Gasteiger partial charge in [-0.15, -0.1) is 6.58 Å². The van der Waals surface area contributed by atoms with E-state index in [1.807, 2.05) is 19.9 Å². The highest BCUT2D eigenvalue weighted by molar-refractivity contribution is 5.97. The van der Waals surface area contributed by atoms with Gasteiger partial charge in [0.2, 0.25) is 0 Å². The lowest BCUT2D eigenvalue weighted by atomic mass is 9.41. The van der Waals surface area contributed by atoms with Gasteiger partial charge in [0.15, 0.2) is 17.7 Å². The van der Waals surface area contributed by atoms with E-state index >= 15 is 0 Å². The van der Waals surface area contributed by atoms with Crippen LogP contribution in [0.3, 0.4) is 0 Å². The van der Waals surface area contributed by atoms with Crippen LogP contribution in [0, 0.1) is 11.3 Å². The van der Waals surface area contributed by atoms with E-state index in [1.165, 1.54) is 22.2 Å². The third kappa shape index (κ3) is 2.84. The first-order valence-corrected chi connectivity index (χ1v) is 14.7. The largest absolute Gasteiger partial charge is 0.382 e. The molecule has 2 bridgehead atoms. The molecule has 2 saturated carbocycles. The van der Waals surface area contributed by atoms with Gasteiger partial charge < -0.3 is 23.9 Å². The number of ketones is 1. The summed E-state index contributed by atoms with van der Waals surface area (Å²) in [6.07, 6.45) is 6.28. The first-order valence-electron chi connectivity index (χ1n) is 14.7. The summed E-state index contributed by atoms with van der Waals surface area (Å²) >= 11 is 0. The van der Waals surface area contributed by atoms with E-state index in [9.17, 15) is 9.90 Å². The van der Waals surface area contributed by atoms with Gasteiger partial charge in [-0.25, -0.2) is 0 Å². The zero-order valence-electron chi connectivity index (χ0n) is 23.9. The Morgan fingerprint density at radius 3 is 2.72 bits per heavy atom. The molecule has 7 rings (SSSR count). The van der Waals surface area contributed by atoms with E-state index in [0.717, 1.165) is 12.8 Å². The van der Waals surface area contributed by atoms with Crippen LogP contribution >= 0.6 is 0 Å². The van der Waals surface area contributed by atoms with E-state index in [0.29, 0.717) is 43.9 Å². The summed E-state index contributed by atoms with van der Waals surface area (Å²) in [5, 5.41) is 14.6. The molecular formula is C33H41NO5. The SMILES string of the molecule is C=CCn1c2c(c3ccccc31)C[C@@H]1C[C@H](OCCC)[C@@]3(O)C4=CC(=O)[C@@H]5O[C@@]4(CC[C@]3(C)[C@@]21C)OC5(C)C. The number of para-hydroxylation sites is 1. The normalized spacial score (nSPS) is 41.5. The van der Waals surface area contributed by atoms with Crippen LogP contribution < -0.4 is 0 Å². The van der Waals surface area contributed by atoms with Gasteiger partial charge in [0.25, 0.3) is 0 Å². The van der Waals surface area contributed by atoms with Gasteiger partial charge in [-0.05, 0) is 63.2 Å². The first kappa shape index (κ1) is 25.7. The molecule has 3 fully saturated rings. The Morgan fingerprint density at radius 1 is 1.21 bits per heavy atom. The second-order valence-corrected chi connectivity index (χ2v) is 13.5. The van der Waals surface area contributed by atoms with Gasteiger partial charge in [0.1, 0.15) is 11.2 Å². The molecule has 6 nitrogen and oxygen atoms in total. The van der Waals surface area contributed by atoms with Gasteiger partial charge in [-0.3, -0.25) is 4.79 Å². The lowest BCUT2D eigenvalue weighted by Crippen LogP contribution is -2.75. The molecule has 3 aliphatic carbocycles. The third-order valence-corrected chi connectivity index (χ3v) is 11.3. The molecule has 6 heteroatoms. The summed E-state index contributed by atoms with van der Waals surface area (Å²) in [6, 6.07) is 8.64. The highest BCUT2D eigenvalue weighted by Crippen LogP contribution is 2.72. The molecular weight excluding hydrogens is 490 g/mol. The number of carbonyl (C=O) groups excluding carboxylic acids is 1. The number of hydrogen-bond acceptors (Lipinski definition) is 5. The minimum Gasteiger partial charge on any atom is -0.382 e. The molecule has 208 valence electrons. The lowest BCUT2D eigenvalue weighted by molar-refractivity contribution is -0.280. The quantitative estimate of drug-likeness (QED) is 0.524. The third-order valence-electron chi connectivity index (χ3n) is 11.3. The van der Waals surface area contributed by atoms with Crippen LogP contribution in [0.2, 0.25) is 0 Å². The van der Waals surface area contributed by atoms with Crippen molar-refractivity contribution in [1.82, 2.24) is 4.57 Å². The second-order valence-electron chi connectivity index (χ2n) is 13.5. The number of allylic oxidation sites excluding steroid dienone is 1. The van der Waals surface area contributed by atoms with Crippen LogP contribution in [0.1, 0.15) is 71.6 Å². The maximum absolute atomic E-state index is 13.5. The van der Waals surface area contributed by atoms with Crippen molar-refractivity contribution in [3.8, 4) is 0 Å². The summed E-state index contributed by atoms with van der Waals surface area (Å²) in [5.74, 6) is -0.947. The molecule has 3 heterocycles. The van der Waals surface area contributed by atoms with Gasteiger partial charge in [0.05, 0.1) is 6.10 Å². The van der Waals surface area contributed by atoms with Crippen molar-refractivity contribution in [3.63, 3.8) is 0 Å². The fourth-order valence-corrected chi connectivity index (χ4v) is 9.46. The molecule has 0 amide bonds. The van der Waals surface area contributed by atoms with Crippen molar-refractivity contribution in [2.75, 3.05) is 6.61 Å². The molecule has 2 aromatic rings. The lowest BCUT2D eigenvalue weighted by Gasteiger charge is -2.67. The van der Waals surface area contributed by atoms with Gasteiger partial charge in [-0.2, -0.15) is 0 Å². The minimum atomic E-state index is -1.44. The molecule has 0 unspecified atom stereocenters. The predicted molar refractivity (Wildman–Crippen MR) is 149 cm³/mol. The molecule has 39 heavy (non-hydrogen) atoms. The van der Waals surface area contributed by atoms with E-state index < -0.39 is 34.6 Å². The number of carbonyl (C=O) groups is 1. The fourth-order valence-electron chi connectivity index (χ4n) is 9.46. The number of aliphatic hydroxyl groups is 1. The summed E-state index contributed by atoms with van der Waals surface area (Å²) in [5.41, 5.74) is 1.24. The maximum atomic E-state index is 13.5. The van der Waals surface area contributed by atoms with Crippen LogP contribution in [0.5, 0.6) is 0 Å². The average Bonchev–Trinajstić information content (AvgIpc) is 3.46. The van der Waals surface area contributed by atoms with Crippen LogP contribution in [0.4, 0.5) is 0 Å². The molecule has 0 radical (unpaired) electrons. The number of rotatable bonds is 5. The number of nitrogens with zero attached hydrogens (tertiary/aromatic N) is 1.